The molecular formula is C16H16ClFIN. The molecule has 0 saturated carbocycles. The van der Waals surface area contributed by atoms with Crippen molar-refractivity contribution >= 4 is 34.2 Å². The van der Waals surface area contributed by atoms with E-state index in [1.54, 1.807) is 6.92 Å². The maximum atomic E-state index is 13.6. The molecule has 0 fully saturated rings. The van der Waals surface area contributed by atoms with Crippen LogP contribution in [0.1, 0.15) is 29.7 Å². The zero-order valence-corrected chi connectivity index (χ0v) is 14.3. The van der Waals surface area contributed by atoms with Gasteiger partial charge in [0.25, 0.3) is 0 Å². The minimum atomic E-state index is -0.267. The van der Waals surface area contributed by atoms with E-state index in [9.17, 15) is 4.39 Å². The van der Waals surface area contributed by atoms with Gasteiger partial charge in [-0.1, -0.05) is 36.7 Å². The molecule has 1 N–H and O–H groups in total. The number of benzene rings is 2. The summed E-state index contributed by atoms with van der Waals surface area (Å²) in [7, 11) is 0. The molecule has 0 radical (unpaired) electrons. The molecule has 1 nitrogen and oxygen atoms in total. The topological polar surface area (TPSA) is 12.0 Å². The average molecular weight is 404 g/mol. The molecule has 0 aliphatic rings. The molecule has 4 heteroatoms. The van der Waals surface area contributed by atoms with Crippen LogP contribution in [-0.2, 0) is 0 Å². The molecule has 1 atom stereocenters. The fraction of sp³-hybridized carbons (Fsp3) is 0.250. The van der Waals surface area contributed by atoms with Crippen LogP contribution in [-0.4, -0.2) is 6.54 Å². The Morgan fingerprint density at radius 3 is 2.60 bits per heavy atom. The fourth-order valence-corrected chi connectivity index (χ4v) is 3.16. The van der Waals surface area contributed by atoms with Gasteiger partial charge in [0.15, 0.2) is 0 Å². The molecule has 0 saturated heterocycles. The quantitative estimate of drug-likeness (QED) is 0.701. The van der Waals surface area contributed by atoms with E-state index in [1.807, 2.05) is 25.1 Å². The summed E-state index contributed by atoms with van der Waals surface area (Å²) in [5, 5.41) is 3.89. The first-order valence-corrected chi connectivity index (χ1v) is 7.93. The molecule has 0 spiro atoms. The Balaban J connectivity index is 2.54. The van der Waals surface area contributed by atoms with Crippen LogP contribution in [0.15, 0.2) is 36.4 Å². The van der Waals surface area contributed by atoms with E-state index in [0.29, 0.717) is 10.6 Å². The highest BCUT2D eigenvalue weighted by atomic mass is 127. The van der Waals surface area contributed by atoms with E-state index in [4.69, 9.17) is 11.6 Å². The van der Waals surface area contributed by atoms with Crippen molar-refractivity contribution in [2.24, 2.45) is 0 Å². The Hall–Kier alpha value is -0.650. The number of halogens is 3. The lowest BCUT2D eigenvalue weighted by Gasteiger charge is -2.22. The molecule has 2 aromatic carbocycles. The first kappa shape index (κ1) is 15.7. The number of aryl methyl sites for hydroxylation is 1. The van der Waals surface area contributed by atoms with E-state index < -0.39 is 0 Å². The summed E-state index contributed by atoms with van der Waals surface area (Å²) in [6, 6.07) is 11.3. The lowest BCUT2D eigenvalue weighted by atomic mass is 9.97. The summed E-state index contributed by atoms with van der Waals surface area (Å²) < 4.78 is 14.7. The molecule has 106 valence electrons. The van der Waals surface area contributed by atoms with Gasteiger partial charge in [-0.2, -0.15) is 0 Å². The Kier molecular flexibility index (Phi) is 5.41. The molecule has 0 aliphatic carbocycles. The third-order valence-corrected chi connectivity index (χ3v) is 4.52. The summed E-state index contributed by atoms with van der Waals surface area (Å²) in [6.07, 6.45) is 0. The van der Waals surface area contributed by atoms with E-state index in [1.165, 1.54) is 6.07 Å². The summed E-state index contributed by atoms with van der Waals surface area (Å²) in [6.45, 7) is 4.61. The maximum absolute atomic E-state index is 13.6. The minimum absolute atomic E-state index is 0.0279. The van der Waals surface area contributed by atoms with Crippen molar-refractivity contribution in [1.82, 2.24) is 5.32 Å². The van der Waals surface area contributed by atoms with Crippen molar-refractivity contribution in [3.63, 3.8) is 0 Å². The van der Waals surface area contributed by atoms with Gasteiger partial charge < -0.3 is 5.32 Å². The van der Waals surface area contributed by atoms with Crippen LogP contribution >= 0.6 is 34.2 Å². The standard InChI is InChI=1S/C16H16ClFIN/c1-3-20-16(11-6-4-5-7-15(11)19)12-8-10(2)14(18)9-13(12)17/h4-9,16,20H,3H2,1-2H3. The lowest BCUT2D eigenvalue weighted by molar-refractivity contribution is 0.606. The summed E-state index contributed by atoms with van der Waals surface area (Å²) >= 11 is 8.56. The van der Waals surface area contributed by atoms with Crippen molar-refractivity contribution in [3.8, 4) is 0 Å². The molecule has 20 heavy (non-hydrogen) atoms. The zero-order chi connectivity index (χ0) is 14.7. The predicted molar refractivity (Wildman–Crippen MR) is 90.8 cm³/mol. The van der Waals surface area contributed by atoms with Crippen LogP contribution in [0.25, 0.3) is 0 Å². The smallest absolute Gasteiger partial charge is 0.127 e. The lowest BCUT2D eigenvalue weighted by Crippen LogP contribution is -2.23. The van der Waals surface area contributed by atoms with Gasteiger partial charge in [0, 0.05) is 8.59 Å². The molecule has 2 aromatic rings. The van der Waals surface area contributed by atoms with Crippen LogP contribution in [0.4, 0.5) is 4.39 Å². The van der Waals surface area contributed by atoms with Gasteiger partial charge in [-0.25, -0.2) is 4.39 Å². The van der Waals surface area contributed by atoms with Crippen LogP contribution in [0.3, 0.4) is 0 Å². The average Bonchev–Trinajstić information content (AvgIpc) is 2.42. The second-order valence-electron chi connectivity index (χ2n) is 4.64. The second kappa shape index (κ2) is 6.87. The summed E-state index contributed by atoms with van der Waals surface area (Å²) in [4.78, 5) is 0. The van der Waals surface area contributed by atoms with Gasteiger partial charge in [0.2, 0.25) is 0 Å². The monoisotopic (exact) mass is 403 g/mol. The largest absolute Gasteiger partial charge is 0.306 e. The van der Waals surface area contributed by atoms with Crippen LogP contribution < -0.4 is 5.32 Å². The maximum Gasteiger partial charge on any atom is 0.127 e. The molecule has 0 aromatic heterocycles. The van der Waals surface area contributed by atoms with E-state index in [0.717, 1.165) is 21.2 Å². The van der Waals surface area contributed by atoms with Gasteiger partial charge in [-0.3, -0.25) is 0 Å². The number of rotatable bonds is 4. The number of hydrogen-bond donors (Lipinski definition) is 1. The highest BCUT2D eigenvalue weighted by molar-refractivity contribution is 14.1. The van der Waals surface area contributed by atoms with Crippen LogP contribution in [0, 0.1) is 16.3 Å². The minimum Gasteiger partial charge on any atom is -0.306 e. The van der Waals surface area contributed by atoms with Gasteiger partial charge in [-0.05, 0) is 70.9 Å². The molecule has 2 rings (SSSR count). The third-order valence-electron chi connectivity index (χ3n) is 3.21. The SMILES string of the molecule is CCNC(c1cc(C)c(F)cc1Cl)c1ccccc1I. The van der Waals surface area contributed by atoms with Crippen molar-refractivity contribution in [1.29, 1.82) is 0 Å². The van der Waals surface area contributed by atoms with Gasteiger partial charge in [0.1, 0.15) is 5.82 Å². The van der Waals surface area contributed by atoms with Crippen LogP contribution in [0.2, 0.25) is 5.02 Å². The van der Waals surface area contributed by atoms with E-state index in [-0.39, 0.29) is 11.9 Å². The fourth-order valence-electron chi connectivity index (χ4n) is 2.20. The number of nitrogens with one attached hydrogen (secondary N) is 1. The molecule has 0 bridgehead atoms. The Morgan fingerprint density at radius 1 is 1.25 bits per heavy atom. The highest BCUT2D eigenvalue weighted by Gasteiger charge is 2.19. The highest BCUT2D eigenvalue weighted by Crippen LogP contribution is 2.32. The summed E-state index contributed by atoms with van der Waals surface area (Å²) in [5.74, 6) is -0.267. The van der Waals surface area contributed by atoms with E-state index in [2.05, 4.69) is 40.0 Å². The zero-order valence-electron chi connectivity index (χ0n) is 11.4. The Morgan fingerprint density at radius 2 is 1.95 bits per heavy atom. The Bertz CT molecular complexity index is 615. The predicted octanol–water partition coefficient (Wildman–Crippen LogP) is 5.09. The normalized spacial score (nSPS) is 12.4. The van der Waals surface area contributed by atoms with E-state index >= 15 is 0 Å². The van der Waals surface area contributed by atoms with Crippen molar-refractivity contribution in [2.45, 2.75) is 19.9 Å². The summed E-state index contributed by atoms with van der Waals surface area (Å²) in [5.41, 5.74) is 2.68. The molecule has 0 aliphatic heterocycles. The first-order valence-electron chi connectivity index (χ1n) is 6.48. The van der Waals surface area contributed by atoms with Crippen molar-refractivity contribution in [3.05, 3.63) is 67.5 Å². The van der Waals surface area contributed by atoms with Crippen molar-refractivity contribution < 1.29 is 4.39 Å². The molecule has 1 unspecified atom stereocenters. The molecular weight excluding hydrogens is 388 g/mol. The third kappa shape index (κ3) is 3.32. The molecule has 0 amide bonds. The number of hydrogen-bond acceptors (Lipinski definition) is 1. The Labute approximate surface area is 137 Å². The van der Waals surface area contributed by atoms with Gasteiger partial charge >= 0.3 is 0 Å². The first-order chi connectivity index (χ1) is 9.54. The van der Waals surface area contributed by atoms with Crippen molar-refractivity contribution in [2.75, 3.05) is 6.54 Å². The van der Waals surface area contributed by atoms with Gasteiger partial charge in [-0.15, -0.1) is 0 Å². The van der Waals surface area contributed by atoms with Gasteiger partial charge in [0.05, 0.1) is 6.04 Å². The van der Waals surface area contributed by atoms with Crippen LogP contribution in [0.5, 0.6) is 0 Å². The molecule has 0 heterocycles. The second-order valence-corrected chi connectivity index (χ2v) is 6.20.